The van der Waals surface area contributed by atoms with Crippen LogP contribution in [0.25, 0.3) is 11.2 Å². The van der Waals surface area contributed by atoms with Crippen molar-refractivity contribution in [2.24, 2.45) is 0 Å². The van der Waals surface area contributed by atoms with Crippen LogP contribution in [-0.2, 0) is 16.2 Å². The number of hydrogen-bond acceptors (Lipinski definition) is 6. The maximum atomic E-state index is 14.9. The van der Waals surface area contributed by atoms with Crippen LogP contribution < -0.4 is 10.2 Å². The van der Waals surface area contributed by atoms with Crippen molar-refractivity contribution in [2.75, 3.05) is 24.6 Å². The molecule has 1 saturated heterocycles. The standard InChI is InChI=1S/C22H35FIN5O3Si/c1-22(2,3)32-21(30)26-17-7-8-28(12-15(17)23)18-11-25-19-16(24)13-29(20(19)27-18)14-31-9-10-33(4,5)6/h11,13,15,17H,7-10,12,14H2,1-6H3,(H,26,30)/t15-,17-/m1/s1. The summed E-state index contributed by atoms with van der Waals surface area (Å²) in [6.45, 7) is 14.2. The number of ether oxygens (including phenoxy) is 2. The number of nitrogens with zero attached hydrogens (tertiary/aromatic N) is 4. The lowest BCUT2D eigenvalue weighted by atomic mass is 10.0. The first kappa shape index (κ1) is 26.1. The molecule has 2 aromatic heterocycles. The zero-order chi connectivity index (χ0) is 24.4. The van der Waals surface area contributed by atoms with Gasteiger partial charge < -0.3 is 24.3 Å². The predicted molar refractivity (Wildman–Crippen MR) is 139 cm³/mol. The fourth-order valence-electron chi connectivity index (χ4n) is 3.52. The van der Waals surface area contributed by atoms with Gasteiger partial charge in [-0.3, -0.25) is 0 Å². The van der Waals surface area contributed by atoms with E-state index in [1.807, 2.05) is 15.7 Å². The number of aromatic nitrogens is 3. The van der Waals surface area contributed by atoms with Gasteiger partial charge in [0.2, 0.25) is 0 Å². The molecule has 1 aliphatic heterocycles. The molecule has 0 aliphatic carbocycles. The molecule has 2 aromatic rings. The first-order valence-corrected chi connectivity index (χ1v) is 16.1. The number of piperidine rings is 1. The summed E-state index contributed by atoms with van der Waals surface area (Å²) in [7, 11) is -1.15. The van der Waals surface area contributed by atoms with Gasteiger partial charge in [-0.2, -0.15) is 0 Å². The first-order chi connectivity index (χ1) is 15.3. The molecule has 0 bridgehead atoms. The molecule has 1 aliphatic rings. The molecule has 184 valence electrons. The van der Waals surface area contributed by atoms with Crippen LogP contribution in [0, 0.1) is 3.57 Å². The van der Waals surface area contributed by atoms with Crippen molar-refractivity contribution >= 4 is 53.7 Å². The Kier molecular flexibility index (Phi) is 8.26. The van der Waals surface area contributed by atoms with E-state index in [-0.39, 0.29) is 6.54 Å². The number of carbonyl (C=O) groups excluding carboxylic acids is 1. The number of hydrogen-bond donors (Lipinski definition) is 1. The van der Waals surface area contributed by atoms with Gasteiger partial charge in [0.25, 0.3) is 0 Å². The van der Waals surface area contributed by atoms with E-state index < -0.39 is 32.0 Å². The number of anilines is 1. The van der Waals surface area contributed by atoms with Crippen molar-refractivity contribution < 1.29 is 18.7 Å². The Morgan fingerprint density at radius 1 is 1.36 bits per heavy atom. The van der Waals surface area contributed by atoms with Crippen LogP contribution in [0.2, 0.25) is 25.7 Å². The third-order valence-electron chi connectivity index (χ3n) is 5.30. The average molecular weight is 592 g/mol. The highest BCUT2D eigenvalue weighted by atomic mass is 127. The second-order valence-electron chi connectivity index (χ2n) is 10.7. The van der Waals surface area contributed by atoms with Gasteiger partial charge in [-0.25, -0.2) is 19.2 Å². The molecule has 0 saturated carbocycles. The molecule has 3 rings (SSSR count). The molecule has 1 N–H and O–H groups in total. The van der Waals surface area contributed by atoms with Gasteiger partial charge in [0, 0.05) is 27.4 Å². The summed E-state index contributed by atoms with van der Waals surface area (Å²) in [5.41, 5.74) is 0.924. The van der Waals surface area contributed by atoms with Gasteiger partial charge in [0.05, 0.1) is 22.4 Å². The summed E-state index contributed by atoms with van der Waals surface area (Å²) in [4.78, 5) is 23.3. The van der Waals surface area contributed by atoms with Crippen molar-refractivity contribution in [2.45, 2.75) is 77.4 Å². The Hall–Kier alpha value is -1.47. The summed E-state index contributed by atoms with van der Waals surface area (Å²) in [6.07, 6.45) is 2.30. The lowest BCUT2D eigenvalue weighted by Crippen LogP contribution is -2.53. The van der Waals surface area contributed by atoms with Gasteiger partial charge in [-0.1, -0.05) is 19.6 Å². The minimum Gasteiger partial charge on any atom is -0.444 e. The lowest BCUT2D eigenvalue weighted by Gasteiger charge is -2.35. The van der Waals surface area contributed by atoms with Crippen LogP contribution in [-0.4, -0.2) is 66.2 Å². The van der Waals surface area contributed by atoms with Gasteiger partial charge in [-0.15, -0.1) is 0 Å². The van der Waals surface area contributed by atoms with Crippen LogP contribution in [0.1, 0.15) is 27.2 Å². The Morgan fingerprint density at radius 2 is 2.09 bits per heavy atom. The smallest absolute Gasteiger partial charge is 0.407 e. The van der Waals surface area contributed by atoms with Crippen LogP contribution in [0.5, 0.6) is 0 Å². The second-order valence-corrected chi connectivity index (χ2v) is 17.5. The average Bonchev–Trinajstić information content (AvgIpc) is 3.00. The third-order valence-corrected chi connectivity index (χ3v) is 7.80. The van der Waals surface area contributed by atoms with E-state index in [1.54, 1.807) is 27.0 Å². The number of rotatable bonds is 7. The SMILES string of the molecule is CC(C)(C)OC(=O)N[C@@H]1CCN(c2cnc3c(I)cn(COCC[Si](C)(C)C)c3n2)C[C@H]1F. The van der Waals surface area contributed by atoms with Gasteiger partial charge in [0.15, 0.2) is 5.65 Å². The normalized spacial score (nSPS) is 19.7. The molecule has 2 atom stereocenters. The largest absolute Gasteiger partial charge is 0.444 e. The van der Waals surface area contributed by atoms with Crippen molar-refractivity contribution in [3.8, 4) is 0 Å². The molecular formula is C22H35FIN5O3Si. The summed E-state index contributed by atoms with van der Waals surface area (Å²) < 4.78 is 29.0. The van der Waals surface area contributed by atoms with Crippen LogP contribution in [0.4, 0.5) is 15.0 Å². The zero-order valence-electron chi connectivity index (χ0n) is 20.3. The number of carbonyl (C=O) groups is 1. The molecule has 1 fully saturated rings. The Labute approximate surface area is 209 Å². The van der Waals surface area contributed by atoms with Gasteiger partial charge >= 0.3 is 6.09 Å². The zero-order valence-corrected chi connectivity index (χ0v) is 23.5. The molecule has 0 spiro atoms. The number of fused-ring (bicyclic) bond motifs is 1. The fraction of sp³-hybridized carbons (Fsp3) is 0.682. The minimum absolute atomic E-state index is 0.130. The summed E-state index contributed by atoms with van der Waals surface area (Å²) in [5.74, 6) is 0.624. The molecule has 3 heterocycles. The van der Waals surface area contributed by atoms with Crippen molar-refractivity contribution in [1.29, 1.82) is 0 Å². The highest BCUT2D eigenvalue weighted by Crippen LogP contribution is 2.25. The summed E-state index contributed by atoms with van der Waals surface area (Å²) >= 11 is 2.25. The summed E-state index contributed by atoms with van der Waals surface area (Å²) in [5, 5.41) is 2.66. The molecule has 0 aromatic carbocycles. The number of nitrogens with one attached hydrogen (secondary N) is 1. The Morgan fingerprint density at radius 3 is 2.73 bits per heavy atom. The van der Waals surface area contributed by atoms with E-state index in [2.05, 4.69) is 52.5 Å². The van der Waals surface area contributed by atoms with E-state index in [4.69, 9.17) is 14.5 Å². The number of alkyl halides is 1. The number of halogens is 2. The van der Waals surface area contributed by atoms with Crippen LogP contribution >= 0.6 is 22.6 Å². The highest BCUT2D eigenvalue weighted by Gasteiger charge is 2.32. The van der Waals surface area contributed by atoms with E-state index in [0.717, 1.165) is 27.4 Å². The molecule has 11 heteroatoms. The fourth-order valence-corrected chi connectivity index (χ4v) is 5.00. The van der Waals surface area contributed by atoms with E-state index in [1.165, 1.54) is 0 Å². The first-order valence-electron chi connectivity index (χ1n) is 11.3. The van der Waals surface area contributed by atoms with E-state index >= 15 is 0 Å². The quantitative estimate of drug-likeness (QED) is 0.284. The van der Waals surface area contributed by atoms with Gasteiger partial charge in [0.1, 0.15) is 29.8 Å². The van der Waals surface area contributed by atoms with E-state index in [9.17, 15) is 9.18 Å². The molecular weight excluding hydrogens is 556 g/mol. The van der Waals surface area contributed by atoms with Crippen molar-refractivity contribution in [3.63, 3.8) is 0 Å². The van der Waals surface area contributed by atoms with Crippen molar-refractivity contribution in [1.82, 2.24) is 19.9 Å². The minimum atomic E-state index is -1.24. The Balaban J connectivity index is 1.65. The predicted octanol–water partition coefficient (Wildman–Crippen LogP) is 4.79. The van der Waals surface area contributed by atoms with Crippen molar-refractivity contribution in [3.05, 3.63) is 16.0 Å². The number of alkyl carbamates (subject to hydrolysis) is 1. The second kappa shape index (κ2) is 10.4. The maximum Gasteiger partial charge on any atom is 0.407 e. The number of amides is 1. The summed E-state index contributed by atoms with van der Waals surface area (Å²) in [6, 6.07) is 0.516. The van der Waals surface area contributed by atoms with Gasteiger partial charge in [-0.05, 0) is 55.8 Å². The Bertz CT molecular complexity index is 975. The molecule has 33 heavy (non-hydrogen) atoms. The molecule has 1 amide bonds. The highest BCUT2D eigenvalue weighted by molar-refractivity contribution is 14.1. The molecule has 0 radical (unpaired) electrons. The monoisotopic (exact) mass is 591 g/mol. The third kappa shape index (κ3) is 7.51. The van der Waals surface area contributed by atoms with Crippen LogP contribution in [0.15, 0.2) is 12.4 Å². The lowest BCUT2D eigenvalue weighted by molar-refractivity contribution is 0.0463. The van der Waals surface area contributed by atoms with Crippen LogP contribution in [0.3, 0.4) is 0 Å². The molecule has 8 nitrogen and oxygen atoms in total. The molecule has 0 unspecified atom stereocenters. The van der Waals surface area contributed by atoms with E-state index in [0.29, 0.717) is 25.5 Å². The maximum absolute atomic E-state index is 14.9. The topological polar surface area (TPSA) is 81.5 Å².